The Balaban J connectivity index is 3.35. The minimum atomic E-state index is -0.772. The summed E-state index contributed by atoms with van der Waals surface area (Å²) >= 11 is 0. The van der Waals surface area contributed by atoms with Crippen molar-refractivity contribution in [3.05, 3.63) is 24.3 Å². The van der Waals surface area contributed by atoms with Crippen LogP contribution < -0.4 is 0 Å². The Bertz CT molecular complexity index is 1150. The average Bonchev–Trinajstić information content (AvgIpc) is 3.41. The Morgan fingerprint density at radius 2 is 0.533 bits per heavy atom. The summed E-state index contributed by atoms with van der Waals surface area (Å²) in [5, 5.41) is 9.68. The number of hydrogen-bond acceptors (Lipinski definition) is 5. The Labute approximate surface area is 470 Å². The van der Waals surface area contributed by atoms with Crippen LogP contribution in [0.3, 0.4) is 0 Å². The first kappa shape index (κ1) is 73.4. The molecule has 0 fully saturated rings. The normalized spacial score (nSPS) is 12.2. The molecule has 0 aliphatic heterocycles. The van der Waals surface area contributed by atoms with E-state index in [-0.39, 0.29) is 25.2 Å². The highest BCUT2D eigenvalue weighted by Gasteiger charge is 2.16. The number of aliphatic hydroxyl groups is 1. The van der Waals surface area contributed by atoms with Crippen LogP contribution in [-0.2, 0) is 19.1 Å². The zero-order valence-electron chi connectivity index (χ0n) is 51.1. The summed E-state index contributed by atoms with van der Waals surface area (Å²) in [6, 6.07) is 0. The van der Waals surface area contributed by atoms with E-state index in [0.29, 0.717) is 12.8 Å². The number of aliphatic hydroxyl groups excluding tert-OH is 1. The van der Waals surface area contributed by atoms with Crippen molar-refractivity contribution in [1.29, 1.82) is 0 Å². The molecule has 0 aliphatic rings. The van der Waals surface area contributed by atoms with Gasteiger partial charge in [0.1, 0.15) is 6.61 Å². The van der Waals surface area contributed by atoms with E-state index >= 15 is 0 Å². The Kier molecular flexibility index (Phi) is 65.2. The van der Waals surface area contributed by atoms with Gasteiger partial charge in [-0.25, -0.2) is 0 Å². The van der Waals surface area contributed by atoms with E-state index in [1.54, 1.807) is 0 Å². The van der Waals surface area contributed by atoms with E-state index in [2.05, 4.69) is 38.2 Å². The van der Waals surface area contributed by atoms with Gasteiger partial charge in [-0.2, -0.15) is 0 Å². The van der Waals surface area contributed by atoms with Crippen molar-refractivity contribution in [2.75, 3.05) is 13.2 Å². The van der Waals surface area contributed by atoms with E-state index in [1.165, 1.54) is 327 Å². The summed E-state index contributed by atoms with van der Waals surface area (Å²) in [4.78, 5) is 24.6. The first-order valence-electron chi connectivity index (χ1n) is 34.4. The van der Waals surface area contributed by atoms with Crippen molar-refractivity contribution < 1.29 is 24.2 Å². The lowest BCUT2D eigenvalue weighted by Crippen LogP contribution is -2.28. The standard InChI is InChI=1S/C70H134O5/c1-3-5-7-9-11-13-15-17-19-21-23-25-26-27-28-29-30-31-32-33-34-35-36-37-38-39-40-41-42-43-45-46-48-50-52-54-56-58-60-62-64-69(72)74-67-68(66-71)75-70(73)65-63-61-59-57-55-53-51-49-47-44-24-22-20-18-16-14-12-10-8-6-4-2/h16,18,22,24,68,71H,3-15,17,19-21,23,25-67H2,1-2H3/b18-16-,24-22-. The summed E-state index contributed by atoms with van der Waals surface area (Å²) < 4.78 is 10.7. The van der Waals surface area contributed by atoms with Crippen LogP contribution in [0, 0.1) is 0 Å². The molecule has 0 spiro atoms. The highest BCUT2D eigenvalue weighted by molar-refractivity contribution is 5.70. The molecule has 0 saturated heterocycles. The smallest absolute Gasteiger partial charge is 0.306 e. The van der Waals surface area contributed by atoms with Gasteiger partial charge >= 0.3 is 11.9 Å². The van der Waals surface area contributed by atoms with Gasteiger partial charge < -0.3 is 14.6 Å². The molecule has 0 aromatic carbocycles. The van der Waals surface area contributed by atoms with Crippen LogP contribution in [0.15, 0.2) is 24.3 Å². The summed E-state index contributed by atoms with van der Waals surface area (Å²) in [6.07, 6.45) is 86.6. The molecule has 75 heavy (non-hydrogen) atoms. The molecule has 0 aliphatic carbocycles. The largest absolute Gasteiger partial charge is 0.462 e. The van der Waals surface area contributed by atoms with E-state index in [0.717, 1.165) is 38.5 Å². The summed E-state index contributed by atoms with van der Waals surface area (Å²) in [6.45, 7) is 4.19. The number of carbonyl (C=O) groups is 2. The first-order chi connectivity index (χ1) is 37.1. The van der Waals surface area contributed by atoms with E-state index in [9.17, 15) is 14.7 Å². The minimum Gasteiger partial charge on any atom is -0.462 e. The fourth-order valence-electron chi connectivity index (χ4n) is 10.8. The van der Waals surface area contributed by atoms with Gasteiger partial charge in [0.15, 0.2) is 6.10 Å². The summed E-state index contributed by atoms with van der Waals surface area (Å²) in [5.74, 6) is -0.574. The molecule has 0 aromatic rings. The topological polar surface area (TPSA) is 72.8 Å². The highest BCUT2D eigenvalue weighted by Crippen LogP contribution is 2.19. The molecule has 0 bridgehead atoms. The predicted molar refractivity (Wildman–Crippen MR) is 330 cm³/mol. The molecular formula is C70H134O5. The fraction of sp³-hybridized carbons (Fsp3) is 0.914. The Morgan fingerprint density at radius 3 is 0.787 bits per heavy atom. The zero-order chi connectivity index (χ0) is 54.1. The third-order valence-electron chi connectivity index (χ3n) is 16.0. The van der Waals surface area contributed by atoms with Gasteiger partial charge in [0.25, 0.3) is 0 Å². The zero-order valence-corrected chi connectivity index (χ0v) is 51.1. The lowest BCUT2D eigenvalue weighted by atomic mass is 10.0. The molecule has 5 heteroatoms. The number of hydrogen-bond donors (Lipinski definition) is 1. The van der Waals surface area contributed by atoms with Gasteiger partial charge in [-0.05, 0) is 44.9 Å². The maximum Gasteiger partial charge on any atom is 0.306 e. The van der Waals surface area contributed by atoms with Gasteiger partial charge in [-0.15, -0.1) is 0 Å². The van der Waals surface area contributed by atoms with Crippen LogP contribution in [0.5, 0.6) is 0 Å². The maximum atomic E-state index is 12.3. The molecule has 0 heterocycles. The molecule has 5 nitrogen and oxygen atoms in total. The van der Waals surface area contributed by atoms with Gasteiger partial charge in [-0.3, -0.25) is 9.59 Å². The maximum absolute atomic E-state index is 12.3. The Morgan fingerprint density at radius 1 is 0.307 bits per heavy atom. The number of ether oxygens (including phenoxy) is 2. The first-order valence-corrected chi connectivity index (χ1v) is 34.4. The van der Waals surface area contributed by atoms with Gasteiger partial charge in [-0.1, -0.05) is 359 Å². The lowest BCUT2D eigenvalue weighted by Gasteiger charge is -2.15. The van der Waals surface area contributed by atoms with Crippen molar-refractivity contribution in [2.24, 2.45) is 0 Å². The highest BCUT2D eigenvalue weighted by atomic mass is 16.6. The quantitative estimate of drug-likeness (QED) is 0.0373. The minimum absolute atomic E-state index is 0.0617. The molecule has 1 atom stereocenters. The van der Waals surface area contributed by atoms with Crippen molar-refractivity contribution in [3.63, 3.8) is 0 Å². The predicted octanol–water partition coefficient (Wildman–Crippen LogP) is 23.6. The number of unbranched alkanes of at least 4 members (excludes halogenated alkanes) is 53. The van der Waals surface area contributed by atoms with Crippen LogP contribution in [0.25, 0.3) is 0 Å². The molecule has 0 amide bonds. The monoisotopic (exact) mass is 1060 g/mol. The van der Waals surface area contributed by atoms with Gasteiger partial charge in [0.2, 0.25) is 0 Å². The fourth-order valence-corrected chi connectivity index (χ4v) is 10.8. The second-order valence-electron chi connectivity index (χ2n) is 23.6. The second-order valence-corrected chi connectivity index (χ2v) is 23.6. The van der Waals surface area contributed by atoms with Gasteiger partial charge in [0.05, 0.1) is 6.61 Å². The number of rotatable bonds is 65. The van der Waals surface area contributed by atoms with Crippen molar-refractivity contribution >= 4 is 11.9 Å². The lowest BCUT2D eigenvalue weighted by molar-refractivity contribution is -0.161. The Hall–Kier alpha value is -1.62. The number of esters is 2. The summed E-state index contributed by atoms with van der Waals surface area (Å²) in [5.41, 5.74) is 0. The van der Waals surface area contributed by atoms with Gasteiger partial charge in [0, 0.05) is 12.8 Å². The SMILES string of the molecule is CCCCCCC/C=C\C/C=C\CCCCCCCCCCCC(=O)OC(CO)COC(=O)CCCCCCCCCCCCCCCCCCCCCCCCCCCCCCCCCCCCCCCCCC. The van der Waals surface area contributed by atoms with Crippen molar-refractivity contribution in [2.45, 2.75) is 399 Å². The molecule has 0 saturated carbocycles. The second kappa shape index (κ2) is 66.7. The number of allylic oxidation sites excluding steroid dienone is 4. The van der Waals surface area contributed by atoms with Crippen LogP contribution in [0.1, 0.15) is 393 Å². The van der Waals surface area contributed by atoms with E-state index < -0.39 is 6.10 Å². The van der Waals surface area contributed by atoms with Crippen LogP contribution in [0.4, 0.5) is 0 Å². The molecule has 1 N–H and O–H groups in total. The molecule has 0 radical (unpaired) electrons. The van der Waals surface area contributed by atoms with E-state index in [1.807, 2.05) is 0 Å². The third kappa shape index (κ3) is 64.8. The van der Waals surface area contributed by atoms with Crippen LogP contribution >= 0.6 is 0 Å². The molecule has 0 aromatic heterocycles. The third-order valence-corrected chi connectivity index (χ3v) is 16.0. The molecule has 0 rings (SSSR count). The molecule has 1 unspecified atom stereocenters. The van der Waals surface area contributed by atoms with E-state index in [4.69, 9.17) is 9.47 Å². The molecule has 444 valence electrons. The van der Waals surface area contributed by atoms with Crippen molar-refractivity contribution in [3.8, 4) is 0 Å². The summed E-state index contributed by atoms with van der Waals surface area (Å²) in [7, 11) is 0. The van der Waals surface area contributed by atoms with Crippen LogP contribution in [0.2, 0.25) is 0 Å². The van der Waals surface area contributed by atoms with Crippen molar-refractivity contribution in [1.82, 2.24) is 0 Å². The average molecular weight is 1060 g/mol. The van der Waals surface area contributed by atoms with Crippen LogP contribution in [-0.4, -0.2) is 36.4 Å². The molecular weight excluding hydrogens is 921 g/mol. The number of carbonyl (C=O) groups excluding carboxylic acids is 2.